The first kappa shape index (κ1) is 23.9. The fourth-order valence-electron chi connectivity index (χ4n) is 3.19. The molecule has 1 aliphatic heterocycles. The van der Waals surface area contributed by atoms with Gasteiger partial charge in [-0.05, 0) is 51.0 Å². The van der Waals surface area contributed by atoms with Gasteiger partial charge in [-0.25, -0.2) is 14.2 Å². The second-order valence-electron chi connectivity index (χ2n) is 8.39. The number of nitrogens with zero attached hydrogens (tertiary/aromatic N) is 2. The zero-order chi connectivity index (χ0) is 23.8. The first-order valence-corrected chi connectivity index (χ1v) is 10.9. The molecule has 1 atom stereocenters. The van der Waals surface area contributed by atoms with Gasteiger partial charge in [0.05, 0.1) is 35.7 Å². The number of carbonyl (C=O) groups is 1. The number of rotatable bonds is 9. The van der Waals surface area contributed by atoms with Gasteiger partial charge in [-0.1, -0.05) is 6.92 Å². The molecular formula is C24H29FN6O2. The van der Waals surface area contributed by atoms with Crippen molar-refractivity contribution in [2.45, 2.75) is 39.8 Å². The molecule has 1 aliphatic rings. The molecule has 1 heterocycles. The minimum absolute atomic E-state index is 0.343. The van der Waals surface area contributed by atoms with Crippen molar-refractivity contribution in [1.82, 2.24) is 5.32 Å². The lowest BCUT2D eigenvalue weighted by Crippen LogP contribution is -2.31. The first-order chi connectivity index (χ1) is 15.8. The summed E-state index contributed by atoms with van der Waals surface area (Å²) >= 11 is 0. The molecule has 0 aliphatic carbocycles. The maximum Gasteiger partial charge on any atom is 0.319 e. The number of halogens is 1. The van der Waals surface area contributed by atoms with Crippen LogP contribution >= 0.6 is 0 Å². The molecule has 0 aromatic heterocycles. The molecule has 0 spiro atoms. The Kier molecular flexibility index (Phi) is 7.72. The van der Waals surface area contributed by atoms with E-state index in [-0.39, 0.29) is 6.03 Å². The van der Waals surface area contributed by atoms with E-state index >= 15 is 0 Å². The Morgan fingerprint density at radius 2 is 2.00 bits per heavy atom. The van der Waals surface area contributed by atoms with E-state index in [9.17, 15) is 9.18 Å². The highest BCUT2D eigenvalue weighted by Gasteiger charge is 2.23. The summed E-state index contributed by atoms with van der Waals surface area (Å²) in [5.74, 6) is 0.0644. The molecule has 33 heavy (non-hydrogen) atoms. The summed E-state index contributed by atoms with van der Waals surface area (Å²) in [5, 5.41) is 20.7. The molecule has 3 rings (SSSR count). The molecule has 1 unspecified atom stereocenters. The van der Waals surface area contributed by atoms with Crippen LogP contribution in [0.5, 0.6) is 5.75 Å². The van der Waals surface area contributed by atoms with E-state index in [1.165, 1.54) is 12.4 Å². The molecule has 2 aromatic rings. The van der Waals surface area contributed by atoms with E-state index in [2.05, 4.69) is 32.3 Å². The summed E-state index contributed by atoms with van der Waals surface area (Å²) in [5.41, 5.74) is 1.85. The lowest BCUT2D eigenvalue weighted by Gasteiger charge is -2.24. The summed E-state index contributed by atoms with van der Waals surface area (Å²) in [6.45, 7) is 6.56. The Balaban J connectivity index is 1.59. The third-order valence-electron chi connectivity index (χ3n) is 5.08. The van der Waals surface area contributed by atoms with Gasteiger partial charge in [0.15, 0.2) is 6.17 Å². The number of aliphatic imine (C=N–C) groups is 1. The van der Waals surface area contributed by atoms with E-state index in [1.807, 2.05) is 20.8 Å². The normalized spacial score (nSPS) is 14.5. The maximum atomic E-state index is 14.8. The van der Waals surface area contributed by atoms with Gasteiger partial charge in [-0.3, -0.25) is 0 Å². The minimum atomic E-state index is -0.605. The highest BCUT2D eigenvalue weighted by molar-refractivity contribution is 5.89. The largest absolute Gasteiger partial charge is 0.493 e. The highest BCUT2D eigenvalue weighted by atomic mass is 19.1. The van der Waals surface area contributed by atoms with Crippen molar-refractivity contribution in [2.24, 2.45) is 10.4 Å². The minimum Gasteiger partial charge on any atom is -0.493 e. The number of amides is 2. The quantitative estimate of drug-likeness (QED) is 0.416. The second kappa shape index (κ2) is 10.7. The van der Waals surface area contributed by atoms with Gasteiger partial charge in [0.25, 0.3) is 0 Å². The van der Waals surface area contributed by atoms with Crippen molar-refractivity contribution in [2.75, 3.05) is 29.1 Å². The smallest absolute Gasteiger partial charge is 0.319 e. The molecule has 0 bridgehead atoms. The van der Waals surface area contributed by atoms with Gasteiger partial charge >= 0.3 is 6.03 Å². The molecule has 9 heteroatoms. The van der Waals surface area contributed by atoms with Crippen LogP contribution in [0.2, 0.25) is 0 Å². The highest BCUT2D eigenvalue weighted by Crippen LogP contribution is 2.35. The van der Waals surface area contributed by atoms with Gasteiger partial charge in [-0.2, -0.15) is 5.26 Å². The van der Waals surface area contributed by atoms with Crippen LogP contribution in [-0.4, -0.2) is 25.5 Å². The predicted octanol–water partition coefficient (Wildman–Crippen LogP) is 5.24. The Hall–Kier alpha value is -3.80. The van der Waals surface area contributed by atoms with Crippen molar-refractivity contribution in [3.05, 3.63) is 47.8 Å². The molecule has 0 fully saturated rings. The lowest BCUT2D eigenvalue weighted by atomic mass is 9.92. The average molecular weight is 453 g/mol. The number of anilines is 3. The van der Waals surface area contributed by atoms with Gasteiger partial charge in [0.2, 0.25) is 0 Å². The van der Waals surface area contributed by atoms with Crippen LogP contribution in [0.25, 0.3) is 0 Å². The number of carbonyl (C=O) groups excluding carboxylic acids is 1. The molecule has 0 radical (unpaired) electrons. The zero-order valence-corrected chi connectivity index (χ0v) is 19.0. The van der Waals surface area contributed by atoms with Crippen molar-refractivity contribution < 1.29 is 13.9 Å². The van der Waals surface area contributed by atoms with Gasteiger partial charge < -0.3 is 26.0 Å². The zero-order valence-electron chi connectivity index (χ0n) is 19.0. The first-order valence-electron chi connectivity index (χ1n) is 10.9. The molecule has 2 aromatic carbocycles. The van der Waals surface area contributed by atoms with Crippen LogP contribution < -0.4 is 26.0 Å². The third-order valence-corrected chi connectivity index (χ3v) is 5.08. The monoisotopic (exact) mass is 452 g/mol. The van der Waals surface area contributed by atoms with Crippen molar-refractivity contribution in [3.63, 3.8) is 0 Å². The second-order valence-corrected chi connectivity index (χ2v) is 8.39. The van der Waals surface area contributed by atoms with Crippen LogP contribution in [0.3, 0.4) is 0 Å². The van der Waals surface area contributed by atoms with E-state index in [1.54, 1.807) is 30.3 Å². The number of nitriles is 1. The number of benzene rings is 2. The average Bonchev–Trinajstić information content (AvgIpc) is 2.79. The number of nitrogens with one attached hydrogen (secondary N) is 4. The van der Waals surface area contributed by atoms with Crippen LogP contribution in [0.15, 0.2) is 41.4 Å². The number of hydrogen-bond donors (Lipinski definition) is 4. The Morgan fingerprint density at radius 1 is 1.27 bits per heavy atom. The summed E-state index contributed by atoms with van der Waals surface area (Å²) in [6, 6.07) is 12.0. The topological polar surface area (TPSA) is 111 Å². The SMILES string of the molecule is CCCOc1cc(F)c2c(c1)NC=NC2Nc1ccc(NC(=O)NCCC(C)(C)C#N)cc1. The Bertz CT molecular complexity index is 1050. The molecule has 174 valence electrons. The fourth-order valence-corrected chi connectivity index (χ4v) is 3.19. The maximum absolute atomic E-state index is 14.8. The number of fused-ring (bicyclic) bond motifs is 1. The third kappa shape index (κ3) is 6.59. The molecule has 8 nitrogen and oxygen atoms in total. The number of hydrogen-bond acceptors (Lipinski definition) is 6. The molecule has 0 saturated heterocycles. The Labute approximate surface area is 193 Å². The molecular weight excluding hydrogens is 423 g/mol. The van der Waals surface area contributed by atoms with Crippen molar-refractivity contribution in [1.29, 1.82) is 5.26 Å². The summed E-state index contributed by atoms with van der Waals surface area (Å²) < 4.78 is 20.4. The van der Waals surface area contributed by atoms with Gasteiger partial charge in [-0.15, -0.1) is 0 Å². The molecule has 2 amide bonds. The van der Waals surface area contributed by atoms with E-state index in [0.29, 0.717) is 42.3 Å². The van der Waals surface area contributed by atoms with Crippen LogP contribution in [0, 0.1) is 22.6 Å². The van der Waals surface area contributed by atoms with Crippen LogP contribution in [-0.2, 0) is 0 Å². The van der Waals surface area contributed by atoms with Crippen LogP contribution in [0.4, 0.5) is 26.2 Å². The predicted molar refractivity (Wildman–Crippen MR) is 128 cm³/mol. The standard InChI is InChI=1S/C24H29FN6O2/c1-4-11-33-18-12-19(25)21-20(13-18)28-15-29-22(21)30-16-5-7-17(8-6-16)31-23(32)27-10-9-24(2,3)14-26/h5-8,12-13,15,22,30H,4,9-11H2,1-3H3,(H,28,29)(H2,27,31,32). The number of ether oxygens (including phenoxy) is 1. The molecule has 0 saturated carbocycles. The summed E-state index contributed by atoms with van der Waals surface area (Å²) in [6.07, 6.45) is 2.31. The van der Waals surface area contributed by atoms with E-state index in [0.717, 1.165) is 12.1 Å². The summed E-state index contributed by atoms with van der Waals surface area (Å²) in [4.78, 5) is 16.4. The van der Waals surface area contributed by atoms with E-state index in [4.69, 9.17) is 10.00 Å². The lowest BCUT2D eigenvalue weighted by molar-refractivity contribution is 0.251. The summed E-state index contributed by atoms with van der Waals surface area (Å²) in [7, 11) is 0. The van der Waals surface area contributed by atoms with Crippen LogP contribution in [0.1, 0.15) is 45.3 Å². The molecule has 4 N–H and O–H groups in total. The van der Waals surface area contributed by atoms with Crippen molar-refractivity contribution >= 4 is 29.4 Å². The number of urea groups is 1. The van der Waals surface area contributed by atoms with Gasteiger partial charge in [0, 0.05) is 30.1 Å². The fraction of sp³-hybridized carbons (Fsp3) is 0.375. The van der Waals surface area contributed by atoms with E-state index < -0.39 is 17.4 Å². The van der Waals surface area contributed by atoms with Crippen molar-refractivity contribution in [3.8, 4) is 11.8 Å². The Morgan fingerprint density at radius 3 is 2.70 bits per heavy atom. The van der Waals surface area contributed by atoms with Gasteiger partial charge in [0.1, 0.15) is 11.6 Å².